The zero-order chi connectivity index (χ0) is 20.8. The highest BCUT2D eigenvalue weighted by Gasteiger charge is 2.11. The maximum absolute atomic E-state index is 13.1. The van der Waals surface area contributed by atoms with Crippen molar-refractivity contribution in [2.24, 2.45) is 0 Å². The number of anilines is 1. The molecule has 29 heavy (non-hydrogen) atoms. The van der Waals surface area contributed by atoms with Gasteiger partial charge < -0.3 is 14.8 Å². The first-order chi connectivity index (χ1) is 14.0. The van der Waals surface area contributed by atoms with Crippen LogP contribution >= 0.6 is 11.6 Å². The number of benzene rings is 2. The predicted molar refractivity (Wildman–Crippen MR) is 105 cm³/mol. The Morgan fingerprint density at radius 1 is 1.17 bits per heavy atom. The van der Waals surface area contributed by atoms with Crippen LogP contribution < -0.4 is 10.1 Å². The molecule has 0 saturated heterocycles. The van der Waals surface area contributed by atoms with E-state index < -0.39 is 11.8 Å². The highest BCUT2D eigenvalue weighted by Crippen LogP contribution is 2.21. The smallest absolute Gasteiger partial charge is 0.358 e. The Bertz CT molecular complexity index is 1020. The molecule has 0 bridgehead atoms. The van der Waals surface area contributed by atoms with Gasteiger partial charge in [0, 0.05) is 18.0 Å². The third-order valence-electron chi connectivity index (χ3n) is 3.75. The van der Waals surface area contributed by atoms with E-state index in [1.54, 1.807) is 43.5 Å². The van der Waals surface area contributed by atoms with Crippen LogP contribution in [0.1, 0.15) is 17.4 Å². The summed E-state index contributed by atoms with van der Waals surface area (Å²) >= 11 is 5.67. The highest BCUT2D eigenvalue weighted by atomic mass is 35.5. The van der Waals surface area contributed by atoms with Gasteiger partial charge >= 0.3 is 5.97 Å². The van der Waals surface area contributed by atoms with Crippen LogP contribution in [0, 0.1) is 5.82 Å². The molecule has 0 fully saturated rings. The van der Waals surface area contributed by atoms with E-state index in [2.05, 4.69) is 10.4 Å². The number of aromatic nitrogens is 2. The molecule has 0 radical (unpaired) electrons. The monoisotopic (exact) mass is 417 g/mol. The van der Waals surface area contributed by atoms with Crippen molar-refractivity contribution < 1.29 is 23.5 Å². The number of carbonyl (C=O) groups is 2. The molecule has 3 aromatic rings. The number of rotatable bonds is 7. The standard InChI is InChI=1S/C20H17ClFN3O4/c1-2-28-20(27)18-9-10-25(24-18)14-5-3-13(4-6-14)23-19(26)12-29-15-7-8-17(22)16(21)11-15/h3-11H,2,12H2,1H3,(H,23,26). The Labute approximate surface area is 171 Å². The molecule has 0 spiro atoms. The summed E-state index contributed by atoms with van der Waals surface area (Å²) in [5.74, 6) is -1.15. The average molecular weight is 418 g/mol. The van der Waals surface area contributed by atoms with Crippen molar-refractivity contribution in [3.63, 3.8) is 0 Å². The topological polar surface area (TPSA) is 82.5 Å². The summed E-state index contributed by atoms with van der Waals surface area (Å²) in [5.41, 5.74) is 1.47. The number of hydrogen-bond acceptors (Lipinski definition) is 5. The molecule has 0 saturated carbocycles. The van der Waals surface area contributed by atoms with Gasteiger partial charge in [0.15, 0.2) is 12.3 Å². The molecular formula is C20H17ClFN3O4. The van der Waals surface area contributed by atoms with Crippen LogP contribution in [-0.2, 0) is 9.53 Å². The first kappa shape index (κ1) is 20.3. The quantitative estimate of drug-likeness (QED) is 0.590. The maximum Gasteiger partial charge on any atom is 0.358 e. The van der Waals surface area contributed by atoms with E-state index >= 15 is 0 Å². The van der Waals surface area contributed by atoms with E-state index in [0.717, 1.165) is 6.07 Å². The molecule has 1 heterocycles. The number of nitrogens with zero attached hydrogens (tertiary/aromatic N) is 2. The van der Waals surface area contributed by atoms with E-state index in [9.17, 15) is 14.0 Å². The number of nitrogens with one attached hydrogen (secondary N) is 1. The van der Waals surface area contributed by atoms with Gasteiger partial charge in [0.05, 0.1) is 17.3 Å². The van der Waals surface area contributed by atoms with Crippen molar-refractivity contribution in [3.05, 3.63) is 71.3 Å². The number of ether oxygens (including phenoxy) is 2. The predicted octanol–water partition coefficient (Wildman–Crippen LogP) is 3.86. The van der Waals surface area contributed by atoms with Gasteiger partial charge in [-0.2, -0.15) is 5.10 Å². The third-order valence-corrected chi connectivity index (χ3v) is 4.04. The van der Waals surface area contributed by atoms with Gasteiger partial charge in [-0.25, -0.2) is 13.9 Å². The summed E-state index contributed by atoms with van der Waals surface area (Å²) in [4.78, 5) is 23.7. The molecule has 7 nitrogen and oxygen atoms in total. The molecular weight excluding hydrogens is 401 g/mol. The fourth-order valence-electron chi connectivity index (χ4n) is 2.39. The molecule has 3 rings (SSSR count). The molecule has 1 amide bonds. The summed E-state index contributed by atoms with van der Waals surface area (Å²) in [5, 5.41) is 6.77. The first-order valence-electron chi connectivity index (χ1n) is 8.67. The van der Waals surface area contributed by atoms with E-state index in [-0.39, 0.29) is 35.6 Å². The number of hydrogen-bond donors (Lipinski definition) is 1. The molecule has 0 atom stereocenters. The number of esters is 1. The minimum Gasteiger partial charge on any atom is -0.484 e. The van der Waals surface area contributed by atoms with E-state index in [0.29, 0.717) is 11.4 Å². The van der Waals surface area contributed by atoms with Gasteiger partial charge in [-0.05, 0) is 49.4 Å². The summed E-state index contributed by atoms with van der Waals surface area (Å²) < 4.78 is 24.8. The van der Waals surface area contributed by atoms with Crippen molar-refractivity contribution in [2.45, 2.75) is 6.92 Å². The van der Waals surface area contributed by atoms with Gasteiger partial charge in [-0.15, -0.1) is 0 Å². The van der Waals surface area contributed by atoms with Crippen LogP contribution in [0.2, 0.25) is 5.02 Å². The Morgan fingerprint density at radius 2 is 1.93 bits per heavy atom. The van der Waals surface area contributed by atoms with Crippen molar-refractivity contribution in [1.29, 1.82) is 0 Å². The normalized spacial score (nSPS) is 10.4. The SMILES string of the molecule is CCOC(=O)c1ccn(-c2ccc(NC(=O)COc3ccc(F)c(Cl)c3)cc2)n1. The molecule has 0 aliphatic heterocycles. The molecule has 1 aromatic heterocycles. The van der Waals surface area contributed by atoms with Gasteiger partial charge in [0.1, 0.15) is 11.6 Å². The van der Waals surface area contributed by atoms with Gasteiger partial charge in [-0.3, -0.25) is 4.79 Å². The lowest BCUT2D eigenvalue weighted by Crippen LogP contribution is -2.20. The van der Waals surface area contributed by atoms with Crippen LogP contribution in [0.25, 0.3) is 5.69 Å². The Balaban J connectivity index is 1.56. The maximum atomic E-state index is 13.1. The summed E-state index contributed by atoms with van der Waals surface area (Å²) in [6, 6.07) is 12.3. The van der Waals surface area contributed by atoms with Crippen LogP contribution in [0.5, 0.6) is 5.75 Å². The van der Waals surface area contributed by atoms with Crippen LogP contribution in [0.4, 0.5) is 10.1 Å². The van der Waals surface area contributed by atoms with Crippen molar-refractivity contribution in [1.82, 2.24) is 9.78 Å². The fourth-order valence-corrected chi connectivity index (χ4v) is 2.56. The van der Waals surface area contributed by atoms with Crippen molar-refractivity contribution >= 4 is 29.2 Å². The largest absolute Gasteiger partial charge is 0.484 e. The van der Waals surface area contributed by atoms with Crippen LogP contribution in [0.15, 0.2) is 54.7 Å². The molecule has 1 N–H and O–H groups in total. The fraction of sp³-hybridized carbons (Fsp3) is 0.150. The lowest BCUT2D eigenvalue weighted by atomic mass is 10.3. The Hall–Kier alpha value is -3.39. The van der Waals surface area contributed by atoms with Gasteiger partial charge in [0.25, 0.3) is 5.91 Å². The van der Waals surface area contributed by atoms with Crippen LogP contribution in [0.3, 0.4) is 0 Å². The van der Waals surface area contributed by atoms with E-state index in [4.69, 9.17) is 21.1 Å². The number of halogens is 2. The summed E-state index contributed by atoms with van der Waals surface area (Å²) in [6.45, 7) is 1.74. The van der Waals surface area contributed by atoms with Crippen molar-refractivity contribution in [3.8, 4) is 11.4 Å². The molecule has 9 heteroatoms. The van der Waals surface area contributed by atoms with Gasteiger partial charge in [-0.1, -0.05) is 11.6 Å². The van der Waals surface area contributed by atoms with Gasteiger partial charge in [0.2, 0.25) is 0 Å². The lowest BCUT2D eigenvalue weighted by Gasteiger charge is -2.09. The molecule has 0 aliphatic rings. The summed E-state index contributed by atoms with van der Waals surface area (Å²) in [7, 11) is 0. The van der Waals surface area contributed by atoms with Crippen molar-refractivity contribution in [2.75, 3.05) is 18.5 Å². The van der Waals surface area contributed by atoms with E-state index in [1.807, 2.05) is 0 Å². The third kappa shape index (κ3) is 5.32. The molecule has 0 unspecified atom stereocenters. The Morgan fingerprint density at radius 3 is 2.62 bits per heavy atom. The van der Waals surface area contributed by atoms with Crippen LogP contribution in [-0.4, -0.2) is 34.9 Å². The molecule has 150 valence electrons. The first-order valence-corrected chi connectivity index (χ1v) is 9.05. The summed E-state index contributed by atoms with van der Waals surface area (Å²) in [6.07, 6.45) is 1.64. The Kier molecular flexibility index (Phi) is 6.46. The minimum absolute atomic E-state index is 0.0803. The van der Waals surface area contributed by atoms with E-state index in [1.165, 1.54) is 16.8 Å². The second-order valence-electron chi connectivity index (χ2n) is 5.83. The number of amides is 1. The second-order valence-corrected chi connectivity index (χ2v) is 6.23. The molecule has 2 aromatic carbocycles. The zero-order valence-electron chi connectivity index (χ0n) is 15.4. The second kappa shape index (κ2) is 9.20. The zero-order valence-corrected chi connectivity index (χ0v) is 16.1. The molecule has 0 aliphatic carbocycles. The highest BCUT2D eigenvalue weighted by molar-refractivity contribution is 6.30. The number of carbonyl (C=O) groups excluding carboxylic acids is 2. The average Bonchev–Trinajstić information content (AvgIpc) is 3.20. The lowest BCUT2D eigenvalue weighted by molar-refractivity contribution is -0.118. The minimum atomic E-state index is -0.560.